The van der Waals surface area contributed by atoms with Crippen molar-refractivity contribution >= 4 is 6.09 Å². The number of ether oxygens (including phenoxy) is 3. The van der Waals surface area contributed by atoms with Crippen molar-refractivity contribution in [3.8, 4) is 0 Å². The van der Waals surface area contributed by atoms with E-state index in [1.54, 1.807) is 6.08 Å². The summed E-state index contributed by atoms with van der Waals surface area (Å²) in [5, 5.41) is 9.56. The summed E-state index contributed by atoms with van der Waals surface area (Å²) in [6.45, 7) is 4.92. The lowest BCUT2D eigenvalue weighted by Crippen LogP contribution is -2.63. The topological polar surface area (TPSA) is 68.2 Å². The van der Waals surface area contributed by atoms with Crippen molar-refractivity contribution in [2.24, 2.45) is 5.92 Å². The number of piperidine rings is 1. The van der Waals surface area contributed by atoms with Crippen LogP contribution in [0.1, 0.15) is 6.42 Å². The first-order chi connectivity index (χ1) is 8.66. The van der Waals surface area contributed by atoms with Crippen LogP contribution in [0.4, 0.5) is 4.79 Å². The van der Waals surface area contributed by atoms with Crippen LogP contribution in [0, 0.1) is 5.92 Å². The average molecular weight is 257 g/mol. The Balaban J connectivity index is 2.27. The highest BCUT2D eigenvalue weighted by atomic mass is 16.7. The van der Waals surface area contributed by atoms with E-state index in [0.717, 1.165) is 0 Å². The number of hydrogen-bond donors (Lipinski definition) is 1. The number of aliphatic hydroxyl groups excluding tert-OH is 1. The molecule has 2 rings (SSSR count). The molecule has 0 saturated carbocycles. The van der Waals surface area contributed by atoms with Crippen molar-refractivity contribution in [2.75, 3.05) is 33.5 Å². The molecule has 0 aromatic rings. The van der Waals surface area contributed by atoms with Crippen LogP contribution in [0.3, 0.4) is 0 Å². The van der Waals surface area contributed by atoms with Crippen LogP contribution in [0.15, 0.2) is 12.7 Å². The Bertz CT molecular complexity index is 326. The fourth-order valence-corrected chi connectivity index (χ4v) is 2.68. The molecular formula is C12H19NO5. The van der Waals surface area contributed by atoms with Gasteiger partial charge in [0.25, 0.3) is 0 Å². The van der Waals surface area contributed by atoms with Crippen LogP contribution in [0.5, 0.6) is 0 Å². The van der Waals surface area contributed by atoms with Crippen molar-refractivity contribution < 1.29 is 24.1 Å². The summed E-state index contributed by atoms with van der Waals surface area (Å²) in [5.41, 5.74) is 0. The zero-order valence-corrected chi connectivity index (χ0v) is 10.5. The van der Waals surface area contributed by atoms with E-state index in [2.05, 4.69) is 6.58 Å². The molecule has 2 atom stereocenters. The molecular weight excluding hydrogens is 238 g/mol. The summed E-state index contributed by atoms with van der Waals surface area (Å²) < 4.78 is 16.1. The number of carbonyl (C=O) groups is 1. The standard InChI is InChI=1S/C12H19NO5/c1-3-9-6-12(17-4-5-18-12)10(8-14)13(7-9)11(15)16-2/h3,9-10,14H,1,4-8H2,2H3/t9-,10+/m0/s1. The van der Waals surface area contributed by atoms with E-state index in [9.17, 15) is 9.90 Å². The molecule has 0 radical (unpaired) electrons. The third kappa shape index (κ3) is 2.11. The molecule has 2 aliphatic rings. The summed E-state index contributed by atoms with van der Waals surface area (Å²) in [5.74, 6) is -0.870. The van der Waals surface area contributed by atoms with E-state index in [4.69, 9.17) is 14.2 Å². The number of methoxy groups -OCH3 is 1. The molecule has 18 heavy (non-hydrogen) atoms. The van der Waals surface area contributed by atoms with Gasteiger partial charge in [0.15, 0.2) is 5.79 Å². The largest absolute Gasteiger partial charge is 0.453 e. The van der Waals surface area contributed by atoms with Gasteiger partial charge in [-0.25, -0.2) is 4.79 Å². The molecule has 0 unspecified atom stereocenters. The highest BCUT2D eigenvalue weighted by Crippen LogP contribution is 2.38. The van der Waals surface area contributed by atoms with Gasteiger partial charge in [-0.3, -0.25) is 4.90 Å². The minimum Gasteiger partial charge on any atom is -0.453 e. The first-order valence-electron chi connectivity index (χ1n) is 6.02. The zero-order chi connectivity index (χ0) is 13.2. The molecule has 0 bridgehead atoms. The smallest absolute Gasteiger partial charge is 0.410 e. The van der Waals surface area contributed by atoms with Gasteiger partial charge in [0, 0.05) is 13.0 Å². The maximum absolute atomic E-state index is 11.8. The van der Waals surface area contributed by atoms with Crippen molar-refractivity contribution in [3.63, 3.8) is 0 Å². The summed E-state index contributed by atoms with van der Waals surface area (Å²) >= 11 is 0. The summed E-state index contributed by atoms with van der Waals surface area (Å²) in [4.78, 5) is 13.2. The molecule has 6 nitrogen and oxygen atoms in total. The Hall–Kier alpha value is -1.11. The van der Waals surface area contributed by atoms with Crippen molar-refractivity contribution in [1.82, 2.24) is 4.90 Å². The van der Waals surface area contributed by atoms with Gasteiger partial charge < -0.3 is 19.3 Å². The van der Waals surface area contributed by atoms with Crippen molar-refractivity contribution in [2.45, 2.75) is 18.2 Å². The van der Waals surface area contributed by atoms with Crippen LogP contribution >= 0.6 is 0 Å². The van der Waals surface area contributed by atoms with Gasteiger partial charge in [-0.2, -0.15) is 0 Å². The monoisotopic (exact) mass is 257 g/mol. The summed E-state index contributed by atoms with van der Waals surface area (Å²) in [7, 11) is 1.32. The Morgan fingerprint density at radius 3 is 2.78 bits per heavy atom. The Kier molecular flexibility index (Phi) is 3.89. The molecule has 2 heterocycles. The maximum atomic E-state index is 11.8. The summed E-state index contributed by atoms with van der Waals surface area (Å²) in [6, 6.07) is -0.538. The minimum atomic E-state index is -0.931. The number of amides is 1. The van der Waals surface area contributed by atoms with Gasteiger partial charge in [-0.1, -0.05) is 6.08 Å². The predicted octanol–water partition coefficient (Wildman–Crippen LogP) is 0.365. The molecule has 0 aromatic heterocycles. The Morgan fingerprint density at radius 2 is 2.28 bits per heavy atom. The van der Waals surface area contributed by atoms with Crippen LogP contribution in [-0.2, 0) is 14.2 Å². The Labute approximate surface area is 106 Å². The molecule has 102 valence electrons. The van der Waals surface area contributed by atoms with Gasteiger partial charge in [-0.05, 0) is 5.92 Å². The average Bonchev–Trinajstić information content (AvgIpc) is 2.85. The molecule has 2 fully saturated rings. The van der Waals surface area contributed by atoms with Gasteiger partial charge in [0.1, 0.15) is 6.04 Å². The van der Waals surface area contributed by atoms with Gasteiger partial charge >= 0.3 is 6.09 Å². The molecule has 6 heteroatoms. The van der Waals surface area contributed by atoms with Gasteiger partial charge in [-0.15, -0.1) is 6.58 Å². The first kappa shape index (κ1) is 13.3. The second-order valence-electron chi connectivity index (χ2n) is 4.53. The van der Waals surface area contributed by atoms with Crippen molar-refractivity contribution in [1.29, 1.82) is 0 Å². The molecule has 1 amide bonds. The summed E-state index contributed by atoms with van der Waals surface area (Å²) in [6.07, 6.45) is 1.88. The van der Waals surface area contributed by atoms with E-state index in [-0.39, 0.29) is 12.5 Å². The quantitative estimate of drug-likeness (QED) is 0.724. The highest BCUT2D eigenvalue weighted by molar-refractivity contribution is 5.68. The minimum absolute atomic E-state index is 0.0602. The number of likely N-dealkylation sites (tertiary alicyclic amines) is 1. The van der Waals surface area contributed by atoms with E-state index >= 15 is 0 Å². The van der Waals surface area contributed by atoms with E-state index in [0.29, 0.717) is 26.2 Å². The number of nitrogens with zero attached hydrogens (tertiary/aromatic N) is 1. The fourth-order valence-electron chi connectivity index (χ4n) is 2.68. The first-order valence-corrected chi connectivity index (χ1v) is 6.02. The van der Waals surface area contributed by atoms with Gasteiger partial charge in [0.2, 0.25) is 0 Å². The third-order valence-electron chi connectivity index (χ3n) is 3.55. The number of carbonyl (C=O) groups excluding carboxylic acids is 1. The van der Waals surface area contributed by atoms with E-state index in [1.807, 2.05) is 0 Å². The van der Waals surface area contributed by atoms with Crippen LogP contribution in [-0.4, -0.2) is 61.4 Å². The second-order valence-corrected chi connectivity index (χ2v) is 4.53. The zero-order valence-electron chi connectivity index (χ0n) is 10.5. The van der Waals surface area contributed by atoms with Crippen LogP contribution in [0.25, 0.3) is 0 Å². The molecule has 1 spiro atoms. The fraction of sp³-hybridized carbons (Fsp3) is 0.750. The van der Waals surface area contributed by atoms with Gasteiger partial charge in [0.05, 0.1) is 26.9 Å². The molecule has 0 aromatic carbocycles. The van der Waals surface area contributed by atoms with E-state index in [1.165, 1.54) is 12.0 Å². The van der Waals surface area contributed by atoms with E-state index < -0.39 is 17.9 Å². The molecule has 0 aliphatic carbocycles. The Morgan fingerprint density at radius 1 is 1.61 bits per heavy atom. The van der Waals surface area contributed by atoms with Crippen molar-refractivity contribution in [3.05, 3.63) is 12.7 Å². The van der Waals surface area contributed by atoms with Crippen LogP contribution < -0.4 is 0 Å². The lowest BCUT2D eigenvalue weighted by atomic mass is 9.87. The normalized spacial score (nSPS) is 30.4. The van der Waals surface area contributed by atoms with Crippen LogP contribution in [0.2, 0.25) is 0 Å². The lowest BCUT2D eigenvalue weighted by Gasteiger charge is -2.47. The third-order valence-corrected chi connectivity index (χ3v) is 3.55. The number of aliphatic hydroxyl groups is 1. The number of rotatable bonds is 2. The highest BCUT2D eigenvalue weighted by Gasteiger charge is 2.53. The number of hydrogen-bond acceptors (Lipinski definition) is 5. The lowest BCUT2D eigenvalue weighted by molar-refractivity contribution is -0.230. The predicted molar refractivity (Wildman–Crippen MR) is 62.9 cm³/mol. The maximum Gasteiger partial charge on any atom is 0.410 e. The SMILES string of the molecule is C=C[C@@H]1CN(C(=O)OC)[C@H](CO)C2(C1)OCCO2. The molecule has 1 N–H and O–H groups in total. The molecule has 2 aliphatic heterocycles. The second kappa shape index (κ2) is 5.26. The molecule has 2 saturated heterocycles.